The van der Waals surface area contributed by atoms with Gasteiger partial charge in [-0.3, -0.25) is 9.59 Å². The van der Waals surface area contributed by atoms with Crippen molar-refractivity contribution < 1.29 is 9.59 Å². The van der Waals surface area contributed by atoms with Crippen LogP contribution in [0.3, 0.4) is 0 Å². The number of anilines is 2. The van der Waals surface area contributed by atoms with E-state index in [-0.39, 0.29) is 23.3 Å². The summed E-state index contributed by atoms with van der Waals surface area (Å²) in [5.74, 6) is 0.176. The first-order valence-corrected chi connectivity index (χ1v) is 11.5. The molecule has 0 aliphatic rings. The van der Waals surface area contributed by atoms with Crippen LogP contribution in [0.1, 0.15) is 0 Å². The summed E-state index contributed by atoms with van der Waals surface area (Å²) in [7, 11) is 4.11. The molecular formula is C22H25BrN4O2S. The molecule has 0 spiro atoms. The van der Waals surface area contributed by atoms with Crippen molar-refractivity contribution in [3.05, 3.63) is 59.2 Å². The normalized spacial score (nSPS) is 11.1. The van der Waals surface area contributed by atoms with E-state index in [1.54, 1.807) is 0 Å². The van der Waals surface area contributed by atoms with Crippen LogP contribution in [0.5, 0.6) is 0 Å². The summed E-state index contributed by atoms with van der Waals surface area (Å²) in [6, 6.07) is 15.4. The van der Waals surface area contributed by atoms with E-state index in [1.807, 2.05) is 42.5 Å². The molecule has 30 heavy (non-hydrogen) atoms. The van der Waals surface area contributed by atoms with Crippen molar-refractivity contribution >= 4 is 61.8 Å². The Labute approximate surface area is 189 Å². The number of nitrogens with zero attached hydrogens (tertiary/aromatic N) is 2. The summed E-state index contributed by atoms with van der Waals surface area (Å²) < 4.78 is 3.11. The van der Waals surface area contributed by atoms with Gasteiger partial charge in [-0.15, -0.1) is 11.8 Å². The fourth-order valence-electron chi connectivity index (χ4n) is 2.98. The van der Waals surface area contributed by atoms with E-state index in [2.05, 4.69) is 62.4 Å². The van der Waals surface area contributed by atoms with Crippen LogP contribution < -0.4 is 10.6 Å². The number of carbonyl (C=O) groups excluding carboxylic acids is 2. The molecule has 2 amide bonds. The Kier molecular flexibility index (Phi) is 7.95. The van der Waals surface area contributed by atoms with Gasteiger partial charge in [0.1, 0.15) is 0 Å². The fraction of sp³-hybridized carbons (Fsp3) is 0.273. The third-order valence-electron chi connectivity index (χ3n) is 4.42. The first-order chi connectivity index (χ1) is 14.4. The highest BCUT2D eigenvalue weighted by Crippen LogP contribution is 2.21. The fourth-order valence-corrected chi connectivity index (χ4v) is 3.99. The summed E-state index contributed by atoms with van der Waals surface area (Å²) in [5.41, 5.74) is 2.63. The minimum Gasteiger partial charge on any atom is -0.346 e. The molecule has 158 valence electrons. The van der Waals surface area contributed by atoms with Gasteiger partial charge in [-0.2, -0.15) is 0 Å². The third-order valence-corrected chi connectivity index (χ3v) is 5.84. The molecule has 0 atom stereocenters. The van der Waals surface area contributed by atoms with Crippen LogP contribution in [-0.4, -0.2) is 53.4 Å². The first-order valence-electron chi connectivity index (χ1n) is 9.57. The van der Waals surface area contributed by atoms with Gasteiger partial charge in [0.15, 0.2) is 0 Å². The average molecular weight is 489 g/mol. The number of thioether (sulfide) groups is 1. The lowest BCUT2D eigenvalue weighted by Crippen LogP contribution is -2.18. The number of hydrogen-bond acceptors (Lipinski definition) is 4. The maximum Gasteiger partial charge on any atom is 0.234 e. The van der Waals surface area contributed by atoms with Crippen LogP contribution in [0.4, 0.5) is 11.4 Å². The molecular weight excluding hydrogens is 464 g/mol. The molecule has 0 saturated heterocycles. The van der Waals surface area contributed by atoms with E-state index in [4.69, 9.17) is 0 Å². The zero-order chi connectivity index (χ0) is 21.5. The highest BCUT2D eigenvalue weighted by molar-refractivity contribution is 9.10. The molecule has 0 unspecified atom stereocenters. The van der Waals surface area contributed by atoms with Crippen LogP contribution in [-0.2, 0) is 16.1 Å². The van der Waals surface area contributed by atoms with Crippen molar-refractivity contribution in [1.29, 1.82) is 0 Å². The summed E-state index contributed by atoms with van der Waals surface area (Å²) in [6.07, 6.45) is 2.07. The Balaban J connectivity index is 1.46. The standard InChI is InChI=1S/C22H25BrN4O2S/c1-26(2)10-11-27-9-8-16-12-19(6-7-20(16)27)25-22(29)15-30-14-21(28)24-18-5-3-4-17(23)13-18/h3-9,12-13H,10-11,14-15H2,1-2H3,(H,24,28)(H,25,29). The summed E-state index contributed by atoms with van der Waals surface area (Å²) in [6.45, 7) is 1.88. The van der Waals surface area contributed by atoms with Gasteiger partial charge in [-0.25, -0.2) is 0 Å². The van der Waals surface area contributed by atoms with Crippen molar-refractivity contribution in [2.45, 2.75) is 6.54 Å². The Bertz CT molecular complexity index is 1030. The highest BCUT2D eigenvalue weighted by Gasteiger charge is 2.08. The minimum atomic E-state index is -0.133. The second kappa shape index (κ2) is 10.7. The van der Waals surface area contributed by atoms with Crippen LogP contribution in [0.2, 0.25) is 0 Å². The topological polar surface area (TPSA) is 66.4 Å². The van der Waals surface area contributed by atoms with Gasteiger partial charge in [-0.1, -0.05) is 22.0 Å². The lowest BCUT2D eigenvalue weighted by atomic mass is 10.2. The predicted molar refractivity (Wildman–Crippen MR) is 129 cm³/mol. The average Bonchev–Trinajstić information content (AvgIpc) is 3.08. The summed E-state index contributed by atoms with van der Waals surface area (Å²) in [5, 5.41) is 6.82. The van der Waals surface area contributed by atoms with E-state index in [0.29, 0.717) is 0 Å². The number of amides is 2. The lowest BCUT2D eigenvalue weighted by molar-refractivity contribution is -0.114. The molecule has 0 saturated carbocycles. The third kappa shape index (κ3) is 6.62. The molecule has 0 radical (unpaired) electrons. The minimum absolute atomic E-state index is 0.123. The Morgan fingerprint density at radius 1 is 1.00 bits per heavy atom. The maximum absolute atomic E-state index is 12.2. The SMILES string of the molecule is CN(C)CCn1ccc2cc(NC(=O)CSCC(=O)Nc3cccc(Br)c3)ccc21. The van der Waals surface area contributed by atoms with Crippen molar-refractivity contribution in [3.8, 4) is 0 Å². The van der Waals surface area contributed by atoms with Crippen molar-refractivity contribution in [1.82, 2.24) is 9.47 Å². The number of nitrogens with one attached hydrogen (secondary N) is 2. The van der Waals surface area contributed by atoms with E-state index < -0.39 is 0 Å². The quantitative estimate of drug-likeness (QED) is 0.471. The maximum atomic E-state index is 12.2. The molecule has 2 aromatic carbocycles. The number of halogens is 1. The van der Waals surface area contributed by atoms with E-state index >= 15 is 0 Å². The number of fused-ring (bicyclic) bond motifs is 1. The Hall–Kier alpha value is -2.29. The smallest absolute Gasteiger partial charge is 0.234 e. The molecule has 0 aliphatic heterocycles. The molecule has 0 aliphatic carbocycles. The highest BCUT2D eigenvalue weighted by atomic mass is 79.9. The number of carbonyl (C=O) groups is 2. The van der Waals surface area contributed by atoms with Gasteiger partial charge >= 0.3 is 0 Å². The van der Waals surface area contributed by atoms with Gasteiger partial charge in [0, 0.05) is 46.0 Å². The largest absolute Gasteiger partial charge is 0.346 e. The van der Waals surface area contributed by atoms with Crippen LogP contribution in [0.25, 0.3) is 10.9 Å². The van der Waals surface area contributed by atoms with Gasteiger partial charge in [0.2, 0.25) is 11.8 Å². The number of hydrogen-bond donors (Lipinski definition) is 2. The van der Waals surface area contributed by atoms with Crippen LogP contribution in [0, 0.1) is 0 Å². The number of rotatable bonds is 9. The second-order valence-corrected chi connectivity index (χ2v) is 9.09. The molecule has 0 fully saturated rings. The van der Waals surface area contributed by atoms with E-state index in [1.165, 1.54) is 11.8 Å². The molecule has 8 heteroatoms. The molecule has 3 aromatic rings. The predicted octanol–water partition coefficient (Wildman–Crippen LogP) is 4.28. The summed E-state index contributed by atoms with van der Waals surface area (Å²) >= 11 is 4.66. The molecule has 3 rings (SSSR count). The van der Waals surface area contributed by atoms with E-state index in [0.717, 1.165) is 39.8 Å². The Morgan fingerprint density at radius 2 is 1.70 bits per heavy atom. The molecule has 0 bridgehead atoms. The van der Waals surface area contributed by atoms with Crippen LogP contribution >= 0.6 is 27.7 Å². The van der Waals surface area contributed by atoms with Crippen molar-refractivity contribution in [2.75, 3.05) is 42.8 Å². The zero-order valence-corrected chi connectivity index (χ0v) is 19.4. The second-order valence-electron chi connectivity index (χ2n) is 7.19. The molecule has 2 N–H and O–H groups in total. The van der Waals surface area contributed by atoms with Crippen molar-refractivity contribution in [3.63, 3.8) is 0 Å². The number of likely N-dealkylation sites (N-methyl/N-ethyl adjacent to an activating group) is 1. The monoisotopic (exact) mass is 488 g/mol. The van der Waals surface area contributed by atoms with Gasteiger partial charge in [-0.05, 0) is 56.6 Å². The number of benzene rings is 2. The zero-order valence-electron chi connectivity index (χ0n) is 17.0. The van der Waals surface area contributed by atoms with Crippen LogP contribution in [0.15, 0.2) is 59.2 Å². The lowest BCUT2D eigenvalue weighted by Gasteiger charge is -2.11. The summed E-state index contributed by atoms with van der Waals surface area (Å²) in [4.78, 5) is 26.4. The first kappa shape index (κ1) is 22.4. The number of aromatic nitrogens is 1. The Morgan fingerprint density at radius 3 is 2.37 bits per heavy atom. The molecule has 6 nitrogen and oxygen atoms in total. The van der Waals surface area contributed by atoms with Gasteiger partial charge < -0.3 is 20.1 Å². The van der Waals surface area contributed by atoms with E-state index in [9.17, 15) is 9.59 Å². The molecule has 1 aromatic heterocycles. The van der Waals surface area contributed by atoms with Crippen molar-refractivity contribution in [2.24, 2.45) is 0 Å². The van der Waals surface area contributed by atoms with Gasteiger partial charge in [0.25, 0.3) is 0 Å². The van der Waals surface area contributed by atoms with Gasteiger partial charge in [0.05, 0.1) is 11.5 Å². The molecule has 1 heterocycles.